The summed E-state index contributed by atoms with van der Waals surface area (Å²) in [5.41, 5.74) is 4.66. The average Bonchev–Trinajstić information content (AvgIpc) is 3.43. The van der Waals surface area contributed by atoms with Crippen molar-refractivity contribution in [2.45, 2.75) is 33.6 Å². The summed E-state index contributed by atoms with van der Waals surface area (Å²) < 4.78 is 5.62. The fourth-order valence-electron chi connectivity index (χ4n) is 4.41. The first kappa shape index (κ1) is 20.8. The summed E-state index contributed by atoms with van der Waals surface area (Å²) in [6.07, 6.45) is 2.56. The van der Waals surface area contributed by atoms with Gasteiger partial charge >= 0.3 is 0 Å². The van der Waals surface area contributed by atoms with E-state index in [4.69, 9.17) is 14.7 Å². The third-order valence-corrected chi connectivity index (χ3v) is 6.89. The summed E-state index contributed by atoms with van der Waals surface area (Å²) in [6, 6.07) is 17.0. The molecule has 0 bridgehead atoms. The number of hydrogen-bond donors (Lipinski definition) is 1. The molecule has 6 heteroatoms. The molecule has 1 aliphatic rings. The molecule has 0 atom stereocenters. The minimum Gasteiger partial charge on any atom is -0.494 e. The number of aryl methyl sites for hydroxylation is 2. The molecule has 1 aliphatic heterocycles. The molecule has 0 saturated carbocycles. The molecule has 5 nitrogen and oxygen atoms in total. The van der Waals surface area contributed by atoms with Gasteiger partial charge in [-0.25, -0.2) is 9.97 Å². The second-order valence-corrected chi connectivity index (χ2v) is 9.36. The topological polar surface area (TPSA) is 50.3 Å². The molecule has 2 aromatic carbocycles. The van der Waals surface area contributed by atoms with Crippen molar-refractivity contribution in [2.75, 3.05) is 29.9 Å². The minimum absolute atomic E-state index is 0.664. The Labute approximate surface area is 193 Å². The second-order valence-electron chi connectivity index (χ2n) is 8.16. The van der Waals surface area contributed by atoms with Crippen LogP contribution in [0.25, 0.3) is 21.3 Å². The zero-order valence-electron chi connectivity index (χ0n) is 18.8. The van der Waals surface area contributed by atoms with Gasteiger partial charge in [-0.1, -0.05) is 12.1 Å². The van der Waals surface area contributed by atoms with E-state index < -0.39 is 0 Å². The molecule has 1 saturated heterocycles. The molecular formula is C26H28N4OS. The Bertz CT molecular complexity index is 1230. The Kier molecular flexibility index (Phi) is 5.70. The molecule has 1 fully saturated rings. The maximum atomic E-state index is 5.62. The van der Waals surface area contributed by atoms with Crippen LogP contribution in [0.1, 0.15) is 30.5 Å². The Balaban J connectivity index is 1.52. The van der Waals surface area contributed by atoms with Gasteiger partial charge in [-0.2, -0.15) is 0 Å². The highest BCUT2D eigenvalue weighted by Crippen LogP contribution is 2.42. The van der Waals surface area contributed by atoms with Crippen molar-refractivity contribution in [3.8, 4) is 16.9 Å². The number of nitrogens with one attached hydrogen (secondary N) is 1. The lowest BCUT2D eigenvalue weighted by atomic mass is 10.0. The third-order valence-electron chi connectivity index (χ3n) is 5.89. The summed E-state index contributed by atoms with van der Waals surface area (Å²) in [6.45, 7) is 9.07. The Morgan fingerprint density at radius 1 is 0.969 bits per heavy atom. The predicted octanol–water partition coefficient (Wildman–Crippen LogP) is 6.72. The first-order valence-corrected chi connectivity index (χ1v) is 12.1. The molecule has 5 rings (SSSR count). The van der Waals surface area contributed by atoms with Crippen LogP contribution in [0.15, 0.2) is 48.5 Å². The highest BCUT2D eigenvalue weighted by molar-refractivity contribution is 7.19. The Morgan fingerprint density at radius 3 is 2.38 bits per heavy atom. The molecule has 0 amide bonds. The second kappa shape index (κ2) is 8.79. The SMILES string of the molecule is CCOc1ccc(-c2c(C)sc3nc(C)nc(Nc4ccc(N5CCCC5)cc4)c23)cc1. The molecule has 4 aromatic rings. The molecule has 0 aliphatic carbocycles. The number of ether oxygens (including phenoxy) is 1. The number of nitrogens with zero attached hydrogens (tertiary/aromatic N) is 3. The van der Waals surface area contributed by atoms with Gasteiger partial charge in [0.25, 0.3) is 0 Å². The summed E-state index contributed by atoms with van der Waals surface area (Å²) in [5, 5.41) is 4.65. The summed E-state index contributed by atoms with van der Waals surface area (Å²) in [4.78, 5) is 14.2. The molecule has 32 heavy (non-hydrogen) atoms. The van der Waals surface area contributed by atoms with Crippen LogP contribution in [-0.2, 0) is 0 Å². The van der Waals surface area contributed by atoms with Crippen LogP contribution < -0.4 is 15.0 Å². The largest absolute Gasteiger partial charge is 0.494 e. The zero-order chi connectivity index (χ0) is 22.1. The van der Waals surface area contributed by atoms with Gasteiger partial charge in [-0.05, 0) is 75.6 Å². The van der Waals surface area contributed by atoms with Crippen molar-refractivity contribution in [2.24, 2.45) is 0 Å². The average molecular weight is 445 g/mol. The normalized spacial score (nSPS) is 13.7. The van der Waals surface area contributed by atoms with E-state index in [2.05, 4.69) is 53.5 Å². The molecule has 0 radical (unpaired) electrons. The molecule has 1 N–H and O–H groups in total. The minimum atomic E-state index is 0.664. The highest BCUT2D eigenvalue weighted by atomic mass is 32.1. The fourth-order valence-corrected chi connectivity index (χ4v) is 5.50. The van der Waals surface area contributed by atoms with Gasteiger partial charge in [0.05, 0.1) is 12.0 Å². The van der Waals surface area contributed by atoms with Crippen molar-refractivity contribution in [3.05, 3.63) is 59.2 Å². The van der Waals surface area contributed by atoms with Crippen LogP contribution in [-0.4, -0.2) is 29.7 Å². The lowest BCUT2D eigenvalue weighted by Crippen LogP contribution is -2.17. The molecule has 0 unspecified atom stereocenters. The van der Waals surface area contributed by atoms with Crippen LogP contribution >= 0.6 is 11.3 Å². The number of benzene rings is 2. The lowest BCUT2D eigenvalue weighted by molar-refractivity contribution is 0.340. The van der Waals surface area contributed by atoms with Gasteiger partial charge in [0, 0.05) is 34.9 Å². The van der Waals surface area contributed by atoms with E-state index in [9.17, 15) is 0 Å². The number of thiophene rings is 1. The number of rotatable bonds is 6. The van der Waals surface area contributed by atoms with Crippen molar-refractivity contribution in [3.63, 3.8) is 0 Å². The maximum Gasteiger partial charge on any atom is 0.143 e. The van der Waals surface area contributed by atoms with E-state index in [0.29, 0.717) is 6.61 Å². The van der Waals surface area contributed by atoms with Gasteiger partial charge < -0.3 is 15.0 Å². The van der Waals surface area contributed by atoms with Gasteiger partial charge in [-0.3, -0.25) is 0 Å². The molecule has 3 heterocycles. The summed E-state index contributed by atoms with van der Waals surface area (Å²) >= 11 is 1.72. The predicted molar refractivity (Wildman–Crippen MR) is 135 cm³/mol. The van der Waals surface area contributed by atoms with Crippen LogP contribution in [0, 0.1) is 13.8 Å². The van der Waals surface area contributed by atoms with E-state index in [0.717, 1.165) is 51.9 Å². The lowest BCUT2D eigenvalue weighted by Gasteiger charge is -2.18. The first-order valence-electron chi connectivity index (χ1n) is 11.3. The standard InChI is InChI=1S/C26H28N4OS/c1-4-31-22-13-7-19(8-14-22)23-17(2)32-26-24(23)25(27-18(3)28-26)29-20-9-11-21(12-10-20)30-15-5-6-16-30/h7-14H,4-6,15-16H2,1-3H3,(H,27,28,29). The van der Waals surface area contributed by atoms with Gasteiger partial charge in [0.15, 0.2) is 0 Å². The van der Waals surface area contributed by atoms with Gasteiger partial charge in [0.2, 0.25) is 0 Å². The quantitative estimate of drug-likeness (QED) is 0.358. The molecule has 164 valence electrons. The number of aromatic nitrogens is 2. The van der Waals surface area contributed by atoms with Crippen molar-refractivity contribution in [1.82, 2.24) is 9.97 Å². The smallest absolute Gasteiger partial charge is 0.143 e. The molecule has 0 spiro atoms. The summed E-state index contributed by atoms with van der Waals surface area (Å²) in [5.74, 6) is 2.51. The van der Waals surface area contributed by atoms with E-state index in [-0.39, 0.29) is 0 Å². The van der Waals surface area contributed by atoms with Crippen molar-refractivity contribution < 1.29 is 4.74 Å². The summed E-state index contributed by atoms with van der Waals surface area (Å²) in [7, 11) is 0. The third kappa shape index (κ3) is 4.02. The van der Waals surface area contributed by atoms with Gasteiger partial charge in [-0.15, -0.1) is 11.3 Å². The van der Waals surface area contributed by atoms with E-state index in [1.807, 2.05) is 26.0 Å². The van der Waals surface area contributed by atoms with Crippen LogP contribution in [0.4, 0.5) is 17.2 Å². The van der Waals surface area contributed by atoms with Crippen LogP contribution in [0.2, 0.25) is 0 Å². The van der Waals surface area contributed by atoms with Crippen molar-refractivity contribution in [1.29, 1.82) is 0 Å². The molecule has 2 aromatic heterocycles. The maximum absolute atomic E-state index is 5.62. The number of hydrogen-bond acceptors (Lipinski definition) is 6. The van der Waals surface area contributed by atoms with Gasteiger partial charge in [0.1, 0.15) is 22.2 Å². The van der Waals surface area contributed by atoms with Crippen LogP contribution in [0.5, 0.6) is 5.75 Å². The Hall–Kier alpha value is -3.12. The van der Waals surface area contributed by atoms with E-state index >= 15 is 0 Å². The number of fused-ring (bicyclic) bond motifs is 1. The zero-order valence-corrected chi connectivity index (χ0v) is 19.6. The molecular weight excluding hydrogens is 416 g/mol. The Morgan fingerprint density at radius 2 is 1.69 bits per heavy atom. The highest BCUT2D eigenvalue weighted by Gasteiger charge is 2.18. The van der Waals surface area contributed by atoms with Crippen molar-refractivity contribution >= 4 is 38.7 Å². The van der Waals surface area contributed by atoms with E-state index in [1.165, 1.54) is 29.0 Å². The fraction of sp³-hybridized carbons (Fsp3) is 0.308. The monoisotopic (exact) mass is 444 g/mol. The van der Waals surface area contributed by atoms with E-state index in [1.54, 1.807) is 11.3 Å². The number of anilines is 3. The van der Waals surface area contributed by atoms with Crippen LogP contribution in [0.3, 0.4) is 0 Å². The first-order chi connectivity index (χ1) is 15.6.